The van der Waals surface area contributed by atoms with Gasteiger partial charge in [0.05, 0.1) is 23.1 Å². The third kappa shape index (κ3) is 5.75. The molecule has 6 nitrogen and oxygen atoms in total. The molecular formula is C33H36N6. The van der Waals surface area contributed by atoms with Crippen LogP contribution >= 0.6 is 0 Å². The first-order valence-corrected chi connectivity index (χ1v) is 13.8. The van der Waals surface area contributed by atoms with Gasteiger partial charge in [0.2, 0.25) is 0 Å². The number of fused-ring (bicyclic) bond motifs is 1. The lowest BCUT2D eigenvalue weighted by molar-refractivity contribution is 0.358. The van der Waals surface area contributed by atoms with Crippen molar-refractivity contribution in [1.29, 1.82) is 0 Å². The fraction of sp³-hybridized carbons (Fsp3) is 0.273. The Kier molecular flexibility index (Phi) is 8.11. The molecule has 0 spiro atoms. The van der Waals surface area contributed by atoms with Crippen LogP contribution in [0, 0.1) is 12.8 Å². The molecular weight excluding hydrogens is 480 g/mol. The normalized spacial score (nSPS) is 15.6. The lowest BCUT2D eigenvalue weighted by atomic mass is 9.84. The van der Waals surface area contributed by atoms with Gasteiger partial charge in [-0.2, -0.15) is 5.10 Å². The first-order chi connectivity index (χ1) is 19.1. The van der Waals surface area contributed by atoms with E-state index >= 15 is 0 Å². The molecule has 4 aromatic rings. The highest BCUT2D eigenvalue weighted by molar-refractivity contribution is 5.93. The Bertz CT molecular complexity index is 1560. The molecule has 6 heteroatoms. The number of H-pyrrole nitrogens is 2. The Hall–Kier alpha value is -4.32. The molecule has 198 valence electrons. The van der Waals surface area contributed by atoms with E-state index in [4.69, 9.17) is 9.97 Å². The average molecular weight is 517 g/mol. The van der Waals surface area contributed by atoms with Crippen LogP contribution in [0.4, 0.5) is 0 Å². The van der Waals surface area contributed by atoms with Gasteiger partial charge in [-0.05, 0) is 55.5 Å². The van der Waals surface area contributed by atoms with E-state index in [1.165, 1.54) is 37.7 Å². The Morgan fingerprint density at radius 2 is 2.00 bits per heavy atom. The first-order valence-electron chi connectivity index (χ1n) is 13.8. The largest absolute Gasteiger partial charge is 0.340 e. The van der Waals surface area contributed by atoms with Crippen molar-refractivity contribution in [1.82, 2.24) is 30.1 Å². The molecule has 0 aromatic carbocycles. The quantitative estimate of drug-likeness (QED) is 0.220. The topological polar surface area (TPSA) is 83.1 Å². The van der Waals surface area contributed by atoms with Crippen LogP contribution < -0.4 is 0 Å². The molecule has 0 aliphatic heterocycles. The van der Waals surface area contributed by atoms with Gasteiger partial charge in [0.15, 0.2) is 5.82 Å². The summed E-state index contributed by atoms with van der Waals surface area (Å²) in [5.41, 5.74) is 8.61. The van der Waals surface area contributed by atoms with E-state index < -0.39 is 0 Å². The summed E-state index contributed by atoms with van der Waals surface area (Å²) in [5, 5.41) is 8.71. The second kappa shape index (κ2) is 12.0. The lowest BCUT2D eigenvalue weighted by Gasteiger charge is -2.22. The predicted octanol–water partition coefficient (Wildman–Crippen LogP) is 8.16. The molecule has 4 aromatic heterocycles. The van der Waals surface area contributed by atoms with Crippen molar-refractivity contribution in [3.63, 3.8) is 0 Å². The second-order valence-electron chi connectivity index (χ2n) is 10.2. The molecule has 4 heterocycles. The van der Waals surface area contributed by atoms with E-state index in [0.717, 1.165) is 62.7 Å². The van der Waals surface area contributed by atoms with E-state index in [1.807, 2.05) is 43.6 Å². The molecule has 0 unspecified atom stereocenters. The number of hydrogen-bond donors (Lipinski definition) is 2. The van der Waals surface area contributed by atoms with Crippen LogP contribution in [0.5, 0.6) is 0 Å². The molecule has 1 fully saturated rings. The highest BCUT2D eigenvalue weighted by atomic mass is 15.1. The van der Waals surface area contributed by atoms with Crippen LogP contribution in [0.2, 0.25) is 0 Å². The highest BCUT2D eigenvalue weighted by Crippen LogP contribution is 2.33. The summed E-state index contributed by atoms with van der Waals surface area (Å²) in [6, 6.07) is 6.04. The van der Waals surface area contributed by atoms with E-state index in [1.54, 1.807) is 12.3 Å². The van der Waals surface area contributed by atoms with Crippen molar-refractivity contribution >= 4 is 22.0 Å². The second-order valence-corrected chi connectivity index (χ2v) is 10.2. The molecule has 0 amide bonds. The van der Waals surface area contributed by atoms with Gasteiger partial charge < -0.3 is 4.98 Å². The number of nitrogens with one attached hydrogen (secondary N) is 2. The number of allylic oxidation sites excluding steroid dienone is 7. The summed E-state index contributed by atoms with van der Waals surface area (Å²) in [6.45, 7) is 12.1. The summed E-state index contributed by atoms with van der Waals surface area (Å²) < 4.78 is 0. The van der Waals surface area contributed by atoms with Gasteiger partial charge in [-0.1, -0.05) is 75.6 Å². The van der Waals surface area contributed by atoms with E-state index in [9.17, 15) is 0 Å². The fourth-order valence-electron chi connectivity index (χ4n) is 5.47. The van der Waals surface area contributed by atoms with Crippen LogP contribution in [0.3, 0.4) is 0 Å². The van der Waals surface area contributed by atoms with E-state index in [0.29, 0.717) is 5.82 Å². The Morgan fingerprint density at radius 1 is 1.15 bits per heavy atom. The zero-order valence-corrected chi connectivity index (χ0v) is 22.9. The molecule has 0 atom stereocenters. The minimum absolute atomic E-state index is 0.700. The summed E-state index contributed by atoms with van der Waals surface area (Å²) in [7, 11) is 0. The molecule has 39 heavy (non-hydrogen) atoms. The molecule has 5 rings (SSSR count). The molecule has 1 aliphatic rings. The van der Waals surface area contributed by atoms with Gasteiger partial charge in [0.25, 0.3) is 0 Å². The maximum atomic E-state index is 4.98. The summed E-state index contributed by atoms with van der Waals surface area (Å²) in [6.07, 6.45) is 23.3. The van der Waals surface area contributed by atoms with Crippen molar-refractivity contribution in [2.75, 3.05) is 0 Å². The monoisotopic (exact) mass is 516 g/mol. The Labute approximate surface area is 230 Å². The maximum Gasteiger partial charge on any atom is 0.159 e. The van der Waals surface area contributed by atoms with Crippen molar-refractivity contribution in [2.24, 2.45) is 5.92 Å². The molecule has 1 saturated carbocycles. The van der Waals surface area contributed by atoms with Crippen LogP contribution in [0.15, 0.2) is 85.9 Å². The number of aromatic amines is 2. The molecule has 0 radical (unpaired) electrons. The maximum absolute atomic E-state index is 4.98. The van der Waals surface area contributed by atoms with Gasteiger partial charge in [0.1, 0.15) is 5.69 Å². The van der Waals surface area contributed by atoms with Crippen LogP contribution in [-0.4, -0.2) is 30.1 Å². The summed E-state index contributed by atoms with van der Waals surface area (Å²) in [5.74, 6) is 1.45. The molecule has 2 N–H and O–H groups in total. The Balaban J connectivity index is 1.49. The van der Waals surface area contributed by atoms with Crippen molar-refractivity contribution < 1.29 is 0 Å². The lowest BCUT2D eigenvalue weighted by Crippen LogP contribution is -2.06. The first kappa shape index (κ1) is 26.3. The third-order valence-electron chi connectivity index (χ3n) is 7.53. The number of rotatable bonds is 9. The molecule has 1 aliphatic carbocycles. The minimum Gasteiger partial charge on any atom is -0.340 e. The van der Waals surface area contributed by atoms with Crippen LogP contribution in [0.25, 0.3) is 33.6 Å². The standard InChI is InChI=1S/C33H36N6/c1-5-12-27(26-15-11-16-34-20-26)31-22(4)36-33(37-31)32-28-19-29(35-21-30(28)38-39-32)25(7-3)18-23(6-2)17-24-13-9-8-10-14-24/h5-7,11-12,15-16,18-21,24H,1-2,8-10,13-14,17H2,3-4H3,(H,36,37)(H,38,39)/b23-18+,25-7+,27-12-. The molecule has 0 bridgehead atoms. The number of aromatic nitrogens is 6. The van der Waals surface area contributed by atoms with Gasteiger partial charge in [0, 0.05) is 34.6 Å². The van der Waals surface area contributed by atoms with Crippen molar-refractivity contribution in [3.05, 3.63) is 109 Å². The number of pyridine rings is 2. The Morgan fingerprint density at radius 3 is 2.72 bits per heavy atom. The van der Waals surface area contributed by atoms with E-state index in [2.05, 4.69) is 58.5 Å². The van der Waals surface area contributed by atoms with Gasteiger partial charge in [-0.3, -0.25) is 15.1 Å². The van der Waals surface area contributed by atoms with Gasteiger partial charge in [-0.25, -0.2) is 4.98 Å². The predicted molar refractivity (Wildman–Crippen MR) is 161 cm³/mol. The van der Waals surface area contributed by atoms with Crippen LogP contribution in [-0.2, 0) is 0 Å². The SMILES string of the molecule is C=C/C=C(/c1cccnc1)c1nc(-c2n[nH]c3cnc(C(/C=C(\C=C)CC4CCCCC4)=C/C)cc23)[nH]c1C. The minimum atomic E-state index is 0.700. The third-order valence-corrected chi connectivity index (χ3v) is 7.53. The fourth-order valence-corrected chi connectivity index (χ4v) is 5.47. The van der Waals surface area contributed by atoms with Gasteiger partial charge in [-0.15, -0.1) is 0 Å². The van der Waals surface area contributed by atoms with E-state index in [-0.39, 0.29) is 0 Å². The summed E-state index contributed by atoms with van der Waals surface area (Å²) in [4.78, 5) is 17.5. The number of hydrogen-bond acceptors (Lipinski definition) is 4. The molecule has 0 saturated heterocycles. The average Bonchev–Trinajstić information content (AvgIpc) is 3.57. The zero-order valence-electron chi connectivity index (χ0n) is 22.9. The highest BCUT2D eigenvalue weighted by Gasteiger charge is 2.19. The zero-order chi connectivity index (χ0) is 27.2. The number of aryl methyl sites for hydroxylation is 1. The summed E-state index contributed by atoms with van der Waals surface area (Å²) >= 11 is 0. The van der Waals surface area contributed by atoms with Crippen LogP contribution in [0.1, 0.15) is 68.1 Å². The number of imidazole rings is 1. The van der Waals surface area contributed by atoms with Crippen molar-refractivity contribution in [3.8, 4) is 11.5 Å². The van der Waals surface area contributed by atoms with Crippen molar-refractivity contribution in [2.45, 2.75) is 52.4 Å². The van der Waals surface area contributed by atoms with Gasteiger partial charge >= 0.3 is 0 Å². The smallest absolute Gasteiger partial charge is 0.159 e. The number of nitrogens with zero attached hydrogens (tertiary/aromatic N) is 4.